The van der Waals surface area contributed by atoms with E-state index < -0.39 is 0 Å². The maximum Gasteiger partial charge on any atom is 0.196 e. The van der Waals surface area contributed by atoms with Gasteiger partial charge in [-0.15, -0.1) is 0 Å². The van der Waals surface area contributed by atoms with Crippen LogP contribution in [0.2, 0.25) is 0 Å². The molecule has 0 amide bonds. The van der Waals surface area contributed by atoms with Crippen molar-refractivity contribution >= 4 is 38.1 Å². The Labute approximate surface area is 176 Å². The second-order valence-corrected chi connectivity index (χ2v) is 8.55. The van der Waals surface area contributed by atoms with Crippen LogP contribution in [0.4, 0.5) is 5.82 Å². The van der Waals surface area contributed by atoms with Crippen LogP contribution < -0.4 is 4.90 Å². The third-order valence-corrected chi connectivity index (χ3v) is 6.78. The van der Waals surface area contributed by atoms with Crippen molar-refractivity contribution in [1.29, 1.82) is 0 Å². The molecule has 6 nitrogen and oxygen atoms in total. The zero-order valence-electron chi connectivity index (χ0n) is 17.4. The highest BCUT2D eigenvalue weighted by atomic mass is 32.1. The number of morpholine rings is 1. The summed E-state index contributed by atoms with van der Waals surface area (Å²) in [4.78, 5) is 23.1. The Morgan fingerprint density at radius 2 is 2.00 bits per heavy atom. The first-order valence-electron chi connectivity index (χ1n) is 10.7. The highest BCUT2D eigenvalue weighted by molar-refractivity contribution is 7.23. The van der Waals surface area contributed by atoms with Gasteiger partial charge in [0.1, 0.15) is 5.82 Å². The van der Waals surface area contributed by atoms with Gasteiger partial charge in [-0.25, -0.2) is 4.98 Å². The third kappa shape index (κ3) is 4.47. The van der Waals surface area contributed by atoms with Crippen LogP contribution >= 0.6 is 11.3 Å². The molecule has 0 radical (unpaired) electrons. The number of carbonyl (C=O) groups excluding carboxylic acids is 1. The summed E-state index contributed by atoms with van der Waals surface area (Å²) in [5.41, 5.74) is 1.94. The minimum Gasteiger partial charge on any atom is -0.378 e. The average Bonchev–Trinajstić information content (AvgIpc) is 3.32. The van der Waals surface area contributed by atoms with Gasteiger partial charge in [0.05, 0.1) is 29.6 Å². The highest BCUT2D eigenvalue weighted by Crippen LogP contribution is 2.30. The predicted molar refractivity (Wildman–Crippen MR) is 120 cm³/mol. The van der Waals surface area contributed by atoms with E-state index in [1.807, 2.05) is 12.1 Å². The van der Waals surface area contributed by atoms with Gasteiger partial charge in [0.25, 0.3) is 0 Å². The lowest BCUT2D eigenvalue weighted by Gasteiger charge is -2.26. The summed E-state index contributed by atoms with van der Waals surface area (Å²) >= 11 is 1.65. The molecular weight excluding hydrogens is 384 g/mol. The molecule has 0 bridgehead atoms. The van der Waals surface area contributed by atoms with E-state index in [1.165, 1.54) is 0 Å². The van der Waals surface area contributed by atoms with Gasteiger partial charge < -0.3 is 14.5 Å². The summed E-state index contributed by atoms with van der Waals surface area (Å²) in [6.45, 7) is 10.9. The van der Waals surface area contributed by atoms with Gasteiger partial charge >= 0.3 is 0 Å². The Balaban J connectivity index is 1.43. The molecule has 0 N–H and O–H groups in total. The third-order valence-electron chi connectivity index (χ3n) is 5.76. The highest BCUT2D eigenvalue weighted by Gasteiger charge is 2.17. The van der Waals surface area contributed by atoms with Crippen molar-refractivity contribution in [2.75, 3.05) is 50.8 Å². The molecule has 1 aliphatic rings. The van der Waals surface area contributed by atoms with Crippen molar-refractivity contribution in [2.45, 2.75) is 33.1 Å². The number of fused-ring (bicyclic) bond motifs is 3. The number of thiazole rings is 1. The largest absolute Gasteiger partial charge is 0.378 e. The molecule has 1 fully saturated rings. The van der Waals surface area contributed by atoms with E-state index in [0.717, 1.165) is 85.3 Å². The maximum absolute atomic E-state index is 12.6. The van der Waals surface area contributed by atoms with Crippen LogP contribution in [0.15, 0.2) is 24.4 Å². The van der Waals surface area contributed by atoms with E-state index in [1.54, 1.807) is 11.3 Å². The average molecular weight is 415 g/mol. The minimum absolute atomic E-state index is 0.242. The lowest BCUT2D eigenvalue weighted by Crippen LogP contribution is -2.36. The molecule has 3 aromatic rings. The number of imidazole rings is 1. The summed E-state index contributed by atoms with van der Waals surface area (Å²) in [5.74, 6) is 1.25. The van der Waals surface area contributed by atoms with Gasteiger partial charge in [-0.05, 0) is 50.7 Å². The van der Waals surface area contributed by atoms with Crippen molar-refractivity contribution in [3.05, 3.63) is 30.0 Å². The number of aromatic nitrogens is 2. The van der Waals surface area contributed by atoms with Gasteiger partial charge in [0.2, 0.25) is 0 Å². The number of nitrogens with zero attached hydrogens (tertiary/aromatic N) is 4. The lowest BCUT2D eigenvalue weighted by molar-refractivity contribution is 0.0978. The van der Waals surface area contributed by atoms with Gasteiger partial charge in [-0.2, -0.15) is 0 Å². The fraction of sp³-hybridized carbons (Fsp3) is 0.545. The summed E-state index contributed by atoms with van der Waals surface area (Å²) in [6.07, 6.45) is 4.75. The Hall–Kier alpha value is -1.96. The molecule has 156 valence electrons. The number of hydrogen-bond acceptors (Lipinski definition) is 6. The van der Waals surface area contributed by atoms with Gasteiger partial charge in [-0.1, -0.05) is 25.2 Å². The Bertz CT molecular complexity index is 970. The second kappa shape index (κ2) is 9.24. The fourth-order valence-corrected chi connectivity index (χ4v) is 4.95. The summed E-state index contributed by atoms with van der Waals surface area (Å²) in [6, 6.07) is 6.07. The first-order chi connectivity index (χ1) is 14.2. The molecule has 1 aliphatic heterocycles. The van der Waals surface area contributed by atoms with Crippen molar-refractivity contribution in [1.82, 2.24) is 14.3 Å². The fourth-order valence-electron chi connectivity index (χ4n) is 3.91. The Morgan fingerprint density at radius 1 is 1.21 bits per heavy atom. The smallest absolute Gasteiger partial charge is 0.196 e. The van der Waals surface area contributed by atoms with E-state index in [2.05, 4.69) is 40.3 Å². The summed E-state index contributed by atoms with van der Waals surface area (Å²) < 4.78 is 8.70. The second-order valence-electron chi connectivity index (χ2n) is 7.54. The van der Waals surface area contributed by atoms with E-state index in [0.29, 0.717) is 6.42 Å². The van der Waals surface area contributed by atoms with Crippen LogP contribution in [0.25, 0.3) is 15.2 Å². The van der Waals surface area contributed by atoms with Gasteiger partial charge in [0.15, 0.2) is 10.7 Å². The van der Waals surface area contributed by atoms with E-state index in [4.69, 9.17) is 9.72 Å². The van der Waals surface area contributed by atoms with Crippen LogP contribution in [0.5, 0.6) is 0 Å². The van der Waals surface area contributed by atoms with Crippen molar-refractivity contribution < 1.29 is 9.53 Å². The van der Waals surface area contributed by atoms with Crippen molar-refractivity contribution in [3.8, 4) is 0 Å². The number of rotatable bonds is 9. The Kier molecular flexibility index (Phi) is 6.47. The predicted octanol–water partition coefficient (Wildman–Crippen LogP) is 4.08. The molecule has 0 unspecified atom stereocenters. The quantitative estimate of drug-likeness (QED) is 0.390. The minimum atomic E-state index is 0.242. The van der Waals surface area contributed by atoms with Gasteiger partial charge in [0, 0.05) is 25.1 Å². The monoisotopic (exact) mass is 414 g/mol. The molecule has 29 heavy (non-hydrogen) atoms. The zero-order chi connectivity index (χ0) is 20.2. The molecule has 4 rings (SSSR count). The molecular formula is C22H30N4O2S. The summed E-state index contributed by atoms with van der Waals surface area (Å²) in [5, 5.41) is 0. The SMILES string of the molecule is CCN(CC)CCCCC(=O)c1ccc2c(c1)sc1nc(N3CCOCC3)cn12. The van der Waals surface area contributed by atoms with E-state index >= 15 is 0 Å². The number of anilines is 1. The molecule has 3 heterocycles. The number of Topliss-reactive ketones (excluding diaryl/α,β-unsaturated/α-hetero) is 1. The van der Waals surface area contributed by atoms with Crippen molar-refractivity contribution in [2.24, 2.45) is 0 Å². The molecule has 7 heteroatoms. The number of unbranched alkanes of at least 4 members (excludes halogenated alkanes) is 1. The number of ketones is 1. The number of ether oxygens (including phenoxy) is 1. The number of benzene rings is 1. The van der Waals surface area contributed by atoms with Crippen LogP contribution in [-0.2, 0) is 4.74 Å². The number of hydrogen-bond donors (Lipinski definition) is 0. The first kappa shape index (κ1) is 20.3. The molecule has 2 aromatic heterocycles. The Morgan fingerprint density at radius 3 is 2.76 bits per heavy atom. The molecule has 0 saturated carbocycles. The van der Waals surface area contributed by atoms with Crippen LogP contribution in [0.1, 0.15) is 43.5 Å². The van der Waals surface area contributed by atoms with Crippen molar-refractivity contribution in [3.63, 3.8) is 0 Å². The molecule has 1 aromatic carbocycles. The van der Waals surface area contributed by atoms with Crippen LogP contribution in [0.3, 0.4) is 0 Å². The molecule has 0 aliphatic carbocycles. The lowest BCUT2D eigenvalue weighted by atomic mass is 10.1. The van der Waals surface area contributed by atoms with E-state index in [-0.39, 0.29) is 5.78 Å². The molecule has 0 spiro atoms. The molecule has 0 atom stereocenters. The zero-order valence-corrected chi connectivity index (χ0v) is 18.2. The first-order valence-corrected chi connectivity index (χ1v) is 11.5. The molecule has 1 saturated heterocycles. The van der Waals surface area contributed by atoms with E-state index in [9.17, 15) is 4.79 Å². The summed E-state index contributed by atoms with van der Waals surface area (Å²) in [7, 11) is 0. The van der Waals surface area contributed by atoms with Crippen LogP contribution in [-0.4, -0.2) is 66.0 Å². The standard InChI is InChI=1S/C22H30N4O2S/c1-3-24(4-2)10-6-5-7-19(27)17-8-9-18-20(15-17)29-22-23-21(16-26(18)22)25-11-13-28-14-12-25/h8-9,15-16H,3-7,10-14H2,1-2H3. The normalized spacial score (nSPS) is 15.1. The maximum atomic E-state index is 12.6. The van der Waals surface area contributed by atoms with Crippen LogP contribution in [0, 0.1) is 0 Å². The van der Waals surface area contributed by atoms with Gasteiger partial charge in [-0.3, -0.25) is 9.20 Å². The number of carbonyl (C=O) groups is 1. The topological polar surface area (TPSA) is 50.1 Å².